The molecule has 0 saturated carbocycles. The third kappa shape index (κ3) is 3.49. The van der Waals surface area contributed by atoms with Crippen LogP contribution in [0.15, 0.2) is 27.8 Å². The van der Waals surface area contributed by atoms with Crippen LogP contribution < -0.4 is 0 Å². The molecule has 0 radical (unpaired) electrons. The maximum absolute atomic E-state index is 10.7. The van der Waals surface area contributed by atoms with E-state index in [-0.39, 0.29) is 5.75 Å². The number of methoxy groups -OCH3 is 1. The Bertz CT molecular complexity index is 600. The van der Waals surface area contributed by atoms with E-state index in [1.807, 2.05) is 22.8 Å². The first-order chi connectivity index (χ1) is 9.11. The van der Waals surface area contributed by atoms with E-state index >= 15 is 0 Å². The molecule has 1 aromatic carbocycles. The molecule has 1 aromatic heterocycles. The third-order valence-electron chi connectivity index (χ3n) is 2.52. The molecular weight excluding hydrogens is 332 g/mol. The number of ether oxygens (including phenoxy) is 1. The summed E-state index contributed by atoms with van der Waals surface area (Å²) in [4.78, 5) is 15.1. The van der Waals surface area contributed by atoms with Gasteiger partial charge in [0.25, 0.3) is 0 Å². The lowest BCUT2D eigenvalue weighted by Crippen LogP contribution is -2.07. The van der Waals surface area contributed by atoms with Gasteiger partial charge in [-0.15, -0.1) is 0 Å². The molecule has 0 aliphatic heterocycles. The molecule has 2 aromatic rings. The molecule has 0 unspecified atom stereocenters. The highest BCUT2D eigenvalue weighted by atomic mass is 79.9. The summed E-state index contributed by atoms with van der Waals surface area (Å²) in [5.74, 6) is -0.853. The second kappa shape index (κ2) is 6.40. The van der Waals surface area contributed by atoms with Gasteiger partial charge in [0.05, 0.1) is 23.4 Å². The van der Waals surface area contributed by atoms with E-state index in [0.29, 0.717) is 18.3 Å². The Labute approximate surface area is 123 Å². The lowest BCUT2D eigenvalue weighted by molar-refractivity contribution is -0.133. The zero-order valence-corrected chi connectivity index (χ0v) is 12.7. The lowest BCUT2D eigenvalue weighted by atomic mass is 10.3. The highest BCUT2D eigenvalue weighted by Crippen LogP contribution is 2.26. The third-order valence-corrected chi connectivity index (χ3v) is 3.97. The van der Waals surface area contributed by atoms with E-state index in [0.717, 1.165) is 15.5 Å². The monoisotopic (exact) mass is 344 g/mol. The molecule has 0 amide bonds. The van der Waals surface area contributed by atoms with Gasteiger partial charge < -0.3 is 14.4 Å². The average molecular weight is 345 g/mol. The first-order valence-corrected chi connectivity index (χ1v) is 7.39. The van der Waals surface area contributed by atoms with Crippen molar-refractivity contribution in [2.45, 2.75) is 11.7 Å². The number of nitrogens with zero attached hydrogens (tertiary/aromatic N) is 2. The fourth-order valence-electron chi connectivity index (χ4n) is 1.71. The van der Waals surface area contributed by atoms with Gasteiger partial charge in [0, 0.05) is 18.1 Å². The minimum atomic E-state index is -0.850. The molecular formula is C12H13BrN2O3S. The Balaban J connectivity index is 2.39. The Hall–Kier alpha value is -1.05. The maximum atomic E-state index is 10.7. The molecule has 2 rings (SSSR count). The fraction of sp³-hybridized carbons (Fsp3) is 0.333. The summed E-state index contributed by atoms with van der Waals surface area (Å²) < 4.78 is 8.04. The van der Waals surface area contributed by atoms with Crippen LogP contribution in [0.4, 0.5) is 0 Å². The molecule has 0 bridgehead atoms. The van der Waals surface area contributed by atoms with Crippen LogP contribution in [0.2, 0.25) is 0 Å². The van der Waals surface area contributed by atoms with Crippen LogP contribution in [0.1, 0.15) is 0 Å². The molecule has 0 fully saturated rings. The highest BCUT2D eigenvalue weighted by molar-refractivity contribution is 9.10. The van der Waals surface area contributed by atoms with E-state index in [1.165, 1.54) is 11.8 Å². The Morgan fingerprint density at radius 1 is 1.58 bits per heavy atom. The molecule has 19 heavy (non-hydrogen) atoms. The van der Waals surface area contributed by atoms with Crippen LogP contribution in [0.5, 0.6) is 0 Å². The summed E-state index contributed by atoms with van der Waals surface area (Å²) in [6.45, 7) is 1.20. The van der Waals surface area contributed by atoms with Crippen molar-refractivity contribution in [2.75, 3.05) is 19.5 Å². The highest BCUT2D eigenvalue weighted by Gasteiger charge is 2.12. The lowest BCUT2D eigenvalue weighted by Gasteiger charge is -2.07. The minimum absolute atomic E-state index is 0.00251. The number of fused-ring (bicyclic) bond motifs is 1. The van der Waals surface area contributed by atoms with E-state index in [9.17, 15) is 4.79 Å². The van der Waals surface area contributed by atoms with Crippen molar-refractivity contribution in [1.29, 1.82) is 0 Å². The molecule has 102 valence electrons. The minimum Gasteiger partial charge on any atom is -0.481 e. The summed E-state index contributed by atoms with van der Waals surface area (Å²) in [6, 6.07) is 5.80. The van der Waals surface area contributed by atoms with Crippen LogP contribution >= 0.6 is 27.7 Å². The topological polar surface area (TPSA) is 64.3 Å². The van der Waals surface area contributed by atoms with E-state index in [1.54, 1.807) is 7.11 Å². The van der Waals surface area contributed by atoms with Crippen LogP contribution in [-0.2, 0) is 16.1 Å². The Morgan fingerprint density at radius 2 is 2.37 bits per heavy atom. The van der Waals surface area contributed by atoms with Gasteiger partial charge in [-0.1, -0.05) is 27.7 Å². The summed E-state index contributed by atoms with van der Waals surface area (Å²) in [6.07, 6.45) is 0. The van der Waals surface area contributed by atoms with Crippen molar-refractivity contribution in [3.8, 4) is 0 Å². The van der Waals surface area contributed by atoms with E-state index < -0.39 is 5.97 Å². The van der Waals surface area contributed by atoms with Gasteiger partial charge in [-0.3, -0.25) is 4.79 Å². The molecule has 1 N–H and O–H groups in total. The number of aromatic nitrogens is 2. The number of hydrogen-bond donors (Lipinski definition) is 1. The van der Waals surface area contributed by atoms with Crippen molar-refractivity contribution in [3.63, 3.8) is 0 Å². The number of carboxylic acid groups (broad SMARTS) is 1. The summed E-state index contributed by atoms with van der Waals surface area (Å²) in [5, 5.41) is 9.47. The van der Waals surface area contributed by atoms with E-state index in [2.05, 4.69) is 20.9 Å². The SMILES string of the molecule is COCCn1c(SCC(=O)O)nc2ccc(Br)cc21. The normalized spacial score (nSPS) is 11.1. The largest absolute Gasteiger partial charge is 0.481 e. The summed E-state index contributed by atoms with van der Waals surface area (Å²) >= 11 is 4.65. The maximum Gasteiger partial charge on any atom is 0.313 e. The van der Waals surface area contributed by atoms with Gasteiger partial charge in [0.1, 0.15) is 0 Å². The van der Waals surface area contributed by atoms with Crippen LogP contribution in [0, 0.1) is 0 Å². The number of hydrogen-bond acceptors (Lipinski definition) is 4. The van der Waals surface area contributed by atoms with Crippen molar-refractivity contribution < 1.29 is 14.6 Å². The van der Waals surface area contributed by atoms with Gasteiger partial charge in [0.2, 0.25) is 0 Å². The van der Waals surface area contributed by atoms with Crippen molar-refractivity contribution >= 4 is 44.7 Å². The number of carbonyl (C=O) groups is 1. The van der Waals surface area contributed by atoms with Crippen LogP contribution in [0.3, 0.4) is 0 Å². The number of thioether (sulfide) groups is 1. The summed E-state index contributed by atoms with van der Waals surface area (Å²) in [5.41, 5.74) is 1.83. The fourth-order valence-corrected chi connectivity index (χ4v) is 2.82. The van der Waals surface area contributed by atoms with Gasteiger partial charge in [0.15, 0.2) is 5.16 Å². The van der Waals surface area contributed by atoms with Gasteiger partial charge in [-0.25, -0.2) is 4.98 Å². The number of imidazole rings is 1. The second-order valence-corrected chi connectivity index (χ2v) is 5.71. The van der Waals surface area contributed by atoms with Gasteiger partial charge in [-0.2, -0.15) is 0 Å². The second-order valence-electron chi connectivity index (χ2n) is 3.85. The number of halogens is 1. The van der Waals surface area contributed by atoms with E-state index in [4.69, 9.17) is 9.84 Å². The number of aliphatic carboxylic acids is 1. The van der Waals surface area contributed by atoms with Gasteiger partial charge >= 0.3 is 5.97 Å². The van der Waals surface area contributed by atoms with Crippen molar-refractivity contribution in [3.05, 3.63) is 22.7 Å². The van der Waals surface area contributed by atoms with Crippen LogP contribution in [-0.4, -0.2) is 40.1 Å². The average Bonchev–Trinajstić information content (AvgIpc) is 2.71. The van der Waals surface area contributed by atoms with Crippen molar-refractivity contribution in [1.82, 2.24) is 9.55 Å². The first kappa shape index (κ1) is 14.4. The zero-order valence-electron chi connectivity index (χ0n) is 10.3. The number of benzene rings is 1. The number of rotatable bonds is 6. The molecule has 0 spiro atoms. The molecule has 0 aliphatic rings. The molecule has 7 heteroatoms. The van der Waals surface area contributed by atoms with Gasteiger partial charge in [-0.05, 0) is 18.2 Å². The predicted molar refractivity (Wildman–Crippen MR) is 77.7 cm³/mol. The quantitative estimate of drug-likeness (QED) is 0.816. The predicted octanol–water partition coefficient (Wildman–Crippen LogP) is 2.62. The van der Waals surface area contributed by atoms with Crippen molar-refractivity contribution in [2.24, 2.45) is 0 Å². The molecule has 0 atom stereocenters. The molecule has 0 saturated heterocycles. The Kier molecular flexibility index (Phi) is 4.84. The molecule has 5 nitrogen and oxygen atoms in total. The first-order valence-electron chi connectivity index (χ1n) is 5.61. The smallest absolute Gasteiger partial charge is 0.313 e. The van der Waals surface area contributed by atoms with Crippen LogP contribution in [0.25, 0.3) is 11.0 Å². The zero-order chi connectivity index (χ0) is 13.8. The summed E-state index contributed by atoms with van der Waals surface area (Å²) in [7, 11) is 1.64. The number of carboxylic acids is 1. The molecule has 1 heterocycles. The standard InChI is InChI=1S/C12H13BrN2O3S/c1-18-5-4-15-10-6-8(13)2-3-9(10)14-12(15)19-7-11(16)17/h2-3,6H,4-5,7H2,1H3,(H,16,17). The molecule has 0 aliphatic carbocycles. The Morgan fingerprint density at radius 3 is 3.05 bits per heavy atom.